The molecule has 0 saturated carbocycles. The Labute approximate surface area is 207 Å². The van der Waals surface area contributed by atoms with Crippen LogP contribution in [0.5, 0.6) is 0 Å². The molecule has 0 aliphatic heterocycles. The van der Waals surface area contributed by atoms with E-state index in [1.54, 1.807) is 0 Å². The lowest BCUT2D eigenvalue weighted by Gasteiger charge is -2.21. The monoisotopic (exact) mass is 452 g/mol. The summed E-state index contributed by atoms with van der Waals surface area (Å²) in [4.78, 5) is 4.77. The number of aryl methyl sites for hydroxylation is 2. The first kappa shape index (κ1) is 25.4. The summed E-state index contributed by atoms with van der Waals surface area (Å²) in [6.07, 6.45) is 8.83. The van der Waals surface area contributed by atoms with Gasteiger partial charge in [-0.2, -0.15) is 0 Å². The van der Waals surface area contributed by atoms with Crippen molar-refractivity contribution in [1.82, 2.24) is 0 Å². The second-order valence-corrected chi connectivity index (χ2v) is 8.76. The standard InChI is InChI=1S/C32H40N2/c1-7-33(8-2)31-21-19-29(25(5)23-31)17-15-27-11-13-28(14-12-27)16-18-30-20-22-32(24-26(30)6)34(9-3)10-4/h11-24H,7-10H2,1-6H3/b17-15+,18-16+. The van der Waals surface area contributed by atoms with Crippen molar-refractivity contribution in [2.24, 2.45) is 0 Å². The van der Waals surface area contributed by atoms with Crippen molar-refractivity contribution in [3.63, 3.8) is 0 Å². The Bertz CT molecular complexity index is 1020. The van der Waals surface area contributed by atoms with Gasteiger partial charge >= 0.3 is 0 Å². The summed E-state index contributed by atoms with van der Waals surface area (Å²) in [5, 5.41) is 0. The van der Waals surface area contributed by atoms with E-state index in [1.807, 2.05) is 0 Å². The number of hydrogen-bond donors (Lipinski definition) is 0. The zero-order valence-corrected chi connectivity index (χ0v) is 21.8. The Balaban J connectivity index is 1.67. The van der Waals surface area contributed by atoms with E-state index in [0.717, 1.165) is 26.2 Å². The summed E-state index contributed by atoms with van der Waals surface area (Å²) in [6.45, 7) is 17.3. The van der Waals surface area contributed by atoms with Crippen LogP contribution in [0.2, 0.25) is 0 Å². The highest BCUT2D eigenvalue weighted by Crippen LogP contribution is 2.22. The van der Waals surface area contributed by atoms with Gasteiger partial charge in [0.2, 0.25) is 0 Å². The quantitative estimate of drug-likeness (QED) is 0.285. The van der Waals surface area contributed by atoms with Gasteiger partial charge in [-0.1, -0.05) is 60.7 Å². The molecule has 0 atom stereocenters. The molecule has 0 bridgehead atoms. The van der Waals surface area contributed by atoms with E-state index in [4.69, 9.17) is 0 Å². The maximum Gasteiger partial charge on any atom is 0.0369 e. The van der Waals surface area contributed by atoms with Crippen molar-refractivity contribution in [1.29, 1.82) is 0 Å². The Hall–Kier alpha value is -3.26. The van der Waals surface area contributed by atoms with E-state index in [9.17, 15) is 0 Å². The number of nitrogens with zero attached hydrogens (tertiary/aromatic N) is 2. The average Bonchev–Trinajstić information content (AvgIpc) is 2.85. The predicted molar refractivity (Wildman–Crippen MR) is 154 cm³/mol. The summed E-state index contributed by atoms with van der Waals surface area (Å²) in [7, 11) is 0. The van der Waals surface area contributed by atoms with Crippen LogP contribution in [0.1, 0.15) is 61.1 Å². The highest BCUT2D eigenvalue weighted by molar-refractivity contribution is 5.75. The van der Waals surface area contributed by atoms with Crippen LogP contribution in [-0.4, -0.2) is 26.2 Å². The van der Waals surface area contributed by atoms with E-state index in [2.05, 4.69) is 136 Å². The maximum absolute atomic E-state index is 2.38. The molecule has 178 valence electrons. The van der Waals surface area contributed by atoms with Gasteiger partial charge in [0.25, 0.3) is 0 Å². The second-order valence-electron chi connectivity index (χ2n) is 8.76. The van der Waals surface area contributed by atoms with E-state index in [1.165, 1.54) is 44.8 Å². The molecule has 0 fully saturated rings. The van der Waals surface area contributed by atoms with Crippen LogP contribution in [0.25, 0.3) is 24.3 Å². The maximum atomic E-state index is 2.38. The Morgan fingerprint density at radius 2 is 0.853 bits per heavy atom. The summed E-state index contributed by atoms with van der Waals surface area (Å²) in [6, 6.07) is 22.2. The van der Waals surface area contributed by atoms with Gasteiger partial charge < -0.3 is 9.80 Å². The summed E-state index contributed by atoms with van der Waals surface area (Å²) in [5.41, 5.74) is 10.2. The van der Waals surface area contributed by atoms with Gasteiger partial charge in [0, 0.05) is 37.6 Å². The minimum Gasteiger partial charge on any atom is -0.372 e. The molecule has 2 nitrogen and oxygen atoms in total. The molecule has 3 aromatic rings. The van der Waals surface area contributed by atoms with Crippen LogP contribution in [0, 0.1) is 13.8 Å². The third kappa shape index (κ3) is 6.41. The SMILES string of the molecule is CCN(CC)c1ccc(/C=C/c2ccc(/C=C/c3ccc(N(CC)CC)cc3C)cc2)c(C)c1. The molecule has 0 unspecified atom stereocenters. The molecule has 0 aliphatic carbocycles. The lowest BCUT2D eigenvalue weighted by Crippen LogP contribution is -2.21. The largest absolute Gasteiger partial charge is 0.372 e. The van der Waals surface area contributed by atoms with E-state index >= 15 is 0 Å². The lowest BCUT2D eigenvalue weighted by molar-refractivity contribution is 0.865. The van der Waals surface area contributed by atoms with Crippen molar-refractivity contribution >= 4 is 35.7 Å². The predicted octanol–water partition coefficient (Wildman–Crippen LogP) is 8.34. The number of hydrogen-bond acceptors (Lipinski definition) is 2. The zero-order chi connectivity index (χ0) is 24.5. The number of benzene rings is 3. The smallest absolute Gasteiger partial charge is 0.0369 e. The summed E-state index contributed by atoms with van der Waals surface area (Å²) >= 11 is 0. The third-order valence-corrected chi connectivity index (χ3v) is 6.61. The van der Waals surface area contributed by atoms with Crippen molar-refractivity contribution in [3.8, 4) is 0 Å². The normalized spacial score (nSPS) is 11.5. The minimum atomic E-state index is 1.03. The molecule has 0 spiro atoms. The molecule has 0 radical (unpaired) electrons. The van der Waals surface area contributed by atoms with Gasteiger partial charge in [0.1, 0.15) is 0 Å². The first-order valence-electron chi connectivity index (χ1n) is 12.7. The first-order chi connectivity index (χ1) is 16.5. The third-order valence-electron chi connectivity index (χ3n) is 6.61. The molecule has 34 heavy (non-hydrogen) atoms. The topological polar surface area (TPSA) is 6.48 Å². The average molecular weight is 453 g/mol. The molecule has 0 aliphatic rings. The van der Waals surface area contributed by atoms with Crippen LogP contribution < -0.4 is 9.80 Å². The van der Waals surface area contributed by atoms with E-state index < -0.39 is 0 Å². The number of rotatable bonds is 10. The lowest BCUT2D eigenvalue weighted by atomic mass is 10.0. The first-order valence-corrected chi connectivity index (χ1v) is 12.7. The molecule has 0 aromatic heterocycles. The fourth-order valence-electron chi connectivity index (χ4n) is 4.35. The summed E-state index contributed by atoms with van der Waals surface area (Å²) in [5.74, 6) is 0. The van der Waals surface area contributed by atoms with Gasteiger partial charge in [0.05, 0.1) is 0 Å². The van der Waals surface area contributed by atoms with Crippen molar-refractivity contribution < 1.29 is 0 Å². The van der Waals surface area contributed by atoms with Crippen molar-refractivity contribution in [2.75, 3.05) is 36.0 Å². The van der Waals surface area contributed by atoms with Crippen LogP contribution in [0.4, 0.5) is 11.4 Å². The summed E-state index contributed by atoms with van der Waals surface area (Å²) < 4.78 is 0. The van der Waals surface area contributed by atoms with Crippen LogP contribution >= 0.6 is 0 Å². The molecule has 0 N–H and O–H groups in total. The van der Waals surface area contributed by atoms with Crippen LogP contribution in [0.3, 0.4) is 0 Å². The minimum absolute atomic E-state index is 1.03. The molecule has 3 rings (SSSR count). The van der Waals surface area contributed by atoms with Gasteiger partial charge in [-0.15, -0.1) is 0 Å². The molecule has 2 heteroatoms. The van der Waals surface area contributed by atoms with Crippen molar-refractivity contribution in [3.05, 3.63) is 94.0 Å². The van der Waals surface area contributed by atoms with Crippen LogP contribution in [-0.2, 0) is 0 Å². The van der Waals surface area contributed by atoms with Gasteiger partial charge in [-0.25, -0.2) is 0 Å². The Kier molecular flexibility index (Phi) is 9.16. The fourth-order valence-corrected chi connectivity index (χ4v) is 4.35. The van der Waals surface area contributed by atoms with Gasteiger partial charge in [0.15, 0.2) is 0 Å². The van der Waals surface area contributed by atoms with Gasteiger partial charge in [-0.3, -0.25) is 0 Å². The molecule has 0 heterocycles. The molecular formula is C32H40N2. The molecular weight excluding hydrogens is 412 g/mol. The van der Waals surface area contributed by atoms with Crippen molar-refractivity contribution in [2.45, 2.75) is 41.5 Å². The van der Waals surface area contributed by atoms with E-state index in [-0.39, 0.29) is 0 Å². The highest BCUT2D eigenvalue weighted by Gasteiger charge is 2.04. The van der Waals surface area contributed by atoms with Crippen LogP contribution in [0.15, 0.2) is 60.7 Å². The molecule has 0 amide bonds. The molecule has 3 aromatic carbocycles. The zero-order valence-electron chi connectivity index (χ0n) is 21.8. The number of anilines is 2. The Morgan fingerprint density at radius 3 is 1.15 bits per heavy atom. The van der Waals surface area contributed by atoms with Gasteiger partial charge in [-0.05, 0) is 99.2 Å². The fraction of sp³-hybridized carbons (Fsp3) is 0.312. The van der Waals surface area contributed by atoms with E-state index in [0.29, 0.717) is 0 Å². The second kappa shape index (κ2) is 12.3. The molecule has 0 saturated heterocycles. The highest BCUT2D eigenvalue weighted by atomic mass is 15.1. The Morgan fingerprint density at radius 1 is 0.500 bits per heavy atom.